The highest BCUT2D eigenvalue weighted by atomic mass is 32.1. The van der Waals surface area contributed by atoms with E-state index in [0.717, 1.165) is 4.88 Å². The van der Waals surface area contributed by atoms with Crippen molar-refractivity contribution in [2.45, 2.75) is 19.9 Å². The summed E-state index contributed by atoms with van der Waals surface area (Å²) < 4.78 is 4.92. The molecule has 0 aliphatic carbocycles. The summed E-state index contributed by atoms with van der Waals surface area (Å²) in [5, 5.41) is 17.0. The molecular weight excluding hydrogens is 276 g/mol. The summed E-state index contributed by atoms with van der Waals surface area (Å²) in [5.41, 5.74) is 1.26. The van der Waals surface area contributed by atoms with Gasteiger partial charge in [-0.3, -0.25) is 4.79 Å². The molecule has 2 aromatic heterocycles. The summed E-state index contributed by atoms with van der Waals surface area (Å²) in [4.78, 5) is 12.7. The number of carbonyl (C=O) groups excluding carboxylic acids is 1. The monoisotopic (exact) mass is 290 g/mol. The van der Waals surface area contributed by atoms with Gasteiger partial charge >= 0.3 is 0 Å². The Balaban J connectivity index is 1.91. The molecule has 104 valence electrons. The van der Waals surface area contributed by atoms with Gasteiger partial charge in [0.2, 0.25) is 0 Å². The standard InChI is InChI=1S/C14H14N2O3S/c1-10-6-12(16-19-10)8-15-14(18)11-7-13(20-9-11)4-2-3-5-17/h6-7,9,17H,3,5,8H2,1H3,(H,15,18). The highest BCUT2D eigenvalue weighted by Crippen LogP contribution is 2.13. The Hall–Kier alpha value is -2.10. The summed E-state index contributed by atoms with van der Waals surface area (Å²) >= 11 is 1.40. The smallest absolute Gasteiger partial charge is 0.252 e. The first-order valence-electron chi connectivity index (χ1n) is 6.07. The van der Waals surface area contributed by atoms with Gasteiger partial charge in [-0.1, -0.05) is 17.0 Å². The van der Waals surface area contributed by atoms with Gasteiger partial charge in [0.05, 0.1) is 23.6 Å². The maximum atomic E-state index is 11.9. The number of hydrogen-bond donors (Lipinski definition) is 2. The number of aliphatic hydroxyl groups excluding tert-OH is 1. The SMILES string of the molecule is Cc1cc(CNC(=O)c2csc(C#CCCO)c2)no1. The molecule has 2 rings (SSSR count). The molecule has 0 saturated carbocycles. The van der Waals surface area contributed by atoms with Crippen LogP contribution in [-0.2, 0) is 6.54 Å². The third-order valence-corrected chi connectivity index (χ3v) is 3.26. The highest BCUT2D eigenvalue weighted by Gasteiger charge is 2.09. The molecule has 0 bridgehead atoms. The van der Waals surface area contributed by atoms with Crippen LogP contribution >= 0.6 is 11.3 Å². The van der Waals surface area contributed by atoms with Crippen LogP contribution < -0.4 is 5.32 Å². The topological polar surface area (TPSA) is 75.4 Å². The molecule has 0 unspecified atom stereocenters. The van der Waals surface area contributed by atoms with Gasteiger partial charge in [-0.25, -0.2) is 0 Å². The highest BCUT2D eigenvalue weighted by molar-refractivity contribution is 7.10. The quantitative estimate of drug-likeness (QED) is 0.841. The third kappa shape index (κ3) is 3.95. The van der Waals surface area contributed by atoms with E-state index in [2.05, 4.69) is 22.3 Å². The molecular formula is C14H14N2O3S. The minimum atomic E-state index is -0.169. The lowest BCUT2D eigenvalue weighted by atomic mass is 10.3. The van der Waals surface area contributed by atoms with Crippen molar-refractivity contribution in [1.82, 2.24) is 10.5 Å². The molecule has 0 atom stereocenters. The number of nitrogens with zero attached hydrogens (tertiary/aromatic N) is 1. The lowest BCUT2D eigenvalue weighted by Gasteiger charge is -1.99. The van der Waals surface area contributed by atoms with Gasteiger partial charge in [-0.2, -0.15) is 0 Å². The van der Waals surface area contributed by atoms with Gasteiger partial charge in [0.1, 0.15) is 11.5 Å². The van der Waals surface area contributed by atoms with E-state index in [1.165, 1.54) is 11.3 Å². The fraction of sp³-hybridized carbons (Fsp3) is 0.286. The summed E-state index contributed by atoms with van der Waals surface area (Å²) in [6.45, 7) is 2.18. The number of aryl methyl sites for hydroxylation is 1. The Bertz CT molecular complexity index is 649. The van der Waals surface area contributed by atoms with Crippen LogP contribution in [0, 0.1) is 18.8 Å². The number of thiophene rings is 1. The Morgan fingerprint density at radius 1 is 1.55 bits per heavy atom. The molecule has 0 aliphatic heterocycles. The van der Waals surface area contributed by atoms with E-state index in [9.17, 15) is 4.79 Å². The van der Waals surface area contributed by atoms with Crippen LogP contribution in [0.5, 0.6) is 0 Å². The molecule has 2 aromatic rings. The van der Waals surface area contributed by atoms with Crippen LogP contribution in [0.2, 0.25) is 0 Å². The van der Waals surface area contributed by atoms with Crippen LogP contribution in [0.1, 0.15) is 33.1 Å². The fourth-order valence-corrected chi connectivity index (χ4v) is 2.26. The van der Waals surface area contributed by atoms with Crippen LogP contribution in [0.25, 0.3) is 0 Å². The summed E-state index contributed by atoms with van der Waals surface area (Å²) in [5.74, 6) is 6.26. The van der Waals surface area contributed by atoms with Gasteiger partial charge in [0.25, 0.3) is 5.91 Å². The van der Waals surface area contributed by atoms with E-state index in [1.54, 1.807) is 24.4 Å². The predicted octanol–water partition coefficient (Wildman–Crippen LogP) is 1.71. The third-order valence-electron chi connectivity index (χ3n) is 2.42. The normalized spacial score (nSPS) is 9.90. The maximum Gasteiger partial charge on any atom is 0.252 e. The number of aliphatic hydroxyl groups is 1. The molecule has 2 N–H and O–H groups in total. The Labute approximate surface area is 120 Å². The maximum absolute atomic E-state index is 11.9. The number of carbonyl (C=O) groups is 1. The van der Waals surface area contributed by atoms with Crippen molar-refractivity contribution in [2.24, 2.45) is 0 Å². The predicted molar refractivity (Wildman–Crippen MR) is 75.3 cm³/mol. The lowest BCUT2D eigenvalue weighted by molar-refractivity contribution is 0.0950. The Morgan fingerprint density at radius 3 is 3.10 bits per heavy atom. The molecule has 0 spiro atoms. The van der Waals surface area contributed by atoms with E-state index in [0.29, 0.717) is 30.0 Å². The number of hydrogen-bond acceptors (Lipinski definition) is 5. The molecule has 0 aromatic carbocycles. The zero-order valence-electron chi connectivity index (χ0n) is 11.0. The zero-order chi connectivity index (χ0) is 14.4. The van der Waals surface area contributed by atoms with Crippen LogP contribution in [-0.4, -0.2) is 22.8 Å². The van der Waals surface area contributed by atoms with Crippen molar-refractivity contribution in [2.75, 3.05) is 6.61 Å². The van der Waals surface area contributed by atoms with Crippen molar-refractivity contribution in [3.63, 3.8) is 0 Å². The van der Waals surface area contributed by atoms with E-state index in [4.69, 9.17) is 9.63 Å². The number of aromatic nitrogens is 1. The molecule has 5 nitrogen and oxygen atoms in total. The summed E-state index contributed by atoms with van der Waals surface area (Å²) in [7, 11) is 0. The zero-order valence-corrected chi connectivity index (χ0v) is 11.8. The molecule has 1 amide bonds. The number of rotatable bonds is 4. The van der Waals surface area contributed by atoms with E-state index < -0.39 is 0 Å². The fourth-order valence-electron chi connectivity index (χ4n) is 1.50. The first kappa shape index (κ1) is 14.3. The van der Waals surface area contributed by atoms with Crippen molar-refractivity contribution in [3.05, 3.63) is 39.4 Å². The second kappa shape index (κ2) is 6.89. The average Bonchev–Trinajstić information content (AvgIpc) is 3.06. The first-order chi connectivity index (χ1) is 9.69. The van der Waals surface area contributed by atoms with E-state index >= 15 is 0 Å². The lowest BCUT2D eigenvalue weighted by Crippen LogP contribution is -2.22. The van der Waals surface area contributed by atoms with Gasteiger partial charge in [0, 0.05) is 17.9 Å². The summed E-state index contributed by atoms with van der Waals surface area (Å²) in [6, 6.07) is 3.51. The van der Waals surface area contributed by atoms with Crippen LogP contribution in [0.4, 0.5) is 0 Å². The molecule has 20 heavy (non-hydrogen) atoms. The van der Waals surface area contributed by atoms with E-state index in [-0.39, 0.29) is 12.5 Å². The second-order valence-electron chi connectivity index (χ2n) is 4.09. The molecule has 0 aliphatic rings. The average molecular weight is 290 g/mol. The molecule has 0 saturated heterocycles. The van der Waals surface area contributed by atoms with Gasteiger partial charge in [-0.05, 0) is 13.0 Å². The second-order valence-corrected chi connectivity index (χ2v) is 5.00. The number of amides is 1. The van der Waals surface area contributed by atoms with Crippen molar-refractivity contribution >= 4 is 17.2 Å². The molecule has 2 heterocycles. The van der Waals surface area contributed by atoms with Crippen LogP contribution in [0.3, 0.4) is 0 Å². The van der Waals surface area contributed by atoms with Crippen LogP contribution in [0.15, 0.2) is 22.0 Å². The first-order valence-corrected chi connectivity index (χ1v) is 6.95. The van der Waals surface area contributed by atoms with Gasteiger partial charge < -0.3 is 14.9 Å². The van der Waals surface area contributed by atoms with Crippen molar-refractivity contribution in [3.8, 4) is 11.8 Å². The van der Waals surface area contributed by atoms with Crippen molar-refractivity contribution < 1.29 is 14.4 Å². The summed E-state index contributed by atoms with van der Waals surface area (Å²) in [6.07, 6.45) is 0.435. The van der Waals surface area contributed by atoms with Crippen molar-refractivity contribution in [1.29, 1.82) is 0 Å². The largest absolute Gasteiger partial charge is 0.395 e. The minimum absolute atomic E-state index is 0.0445. The van der Waals surface area contributed by atoms with Gasteiger partial charge in [0.15, 0.2) is 0 Å². The molecule has 0 radical (unpaired) electrons. The Morgan fingerprint density at radius 2 is 2.40 bits per heavy atom. The van der Waals surface area contributed by atoms with E-state index in [1.807, 2.05) is 0 Å². The van der Waals surface area contributed by atoms with Gasteiger partial charge in [-0.15, -0.1) is 11.3 Å². The molecule has 0 fully saturated rings. The Kier molecular flexibility index (Phi) is 4.93. The molecule has 6 heteroatoms. The minimum Gasteiger partial charge on any atom is -0.395 e. The number of nitrogens with one attached hydrogen (secondary N) is 1.